The first kappa shape index (κ1) is 19.2. The van der Waals surface area contributed by atoms with Crippen LogP contribution in [0.1, 0.15) is 53.2 Å². The van der Waals surface area contributed by atoms with E-state index in [9.17, 15) is 19.2 Å². The van der Waals surface area contributed by atoms with E-state index in [1.54, 1.807) is 18.4 Å². The van der Waals surface area contributed by atoms with Gasteiger partial charge in [-0.3, -0.25) is 19.3 Å². The first-order chi connectivity index (χ1) is 13.9. The van der Waals surface area contributed by atoms with Crippen LogP contribution in [-0.4, -0.2) is 50.6 Å². The lowest BCUT2D eigenvalue weighted by Gasteiger charge is -2.20. The molecule has 1 aliphatic heterocycles. The molecule has 0 bridgehead atoms. The van der Waals surface area contributed by atoms with Crippen LogP contribution in [0.25, 0.3) is 0 Å². The number of hydrogen-bond acceptors (Lipinski definition) is 5. The average molecular weight is 397 g/mol. The second-order valence-corrected chi connectivity index (χ2v) is 7.66. The molecule has 2 fully saturated rings. The summed E-state index contributed by atoms with van der Waals surface area (Å²) in [6.07, 6.45) is 4.86. The van der Waals surface area contributed by atoms with Crippen LogP contribution in [0, 0.1) is 13.8 Å². The van der Waals surface area contributed by atoms with Gasteiger partial charge in [0.2, 0.25) is 0 Å². The van der Waals surface area contributed by atoms with Crippen molar-refractivity contribution in [3.63, 3.8) is 0 Å². The van der Waals surface area contributed by atoms with Gasteiger partial charge in [0.25, 0.3) is 0 Å². The van der Waals surface area contributed by atoms with Gasteiger partial charge in [0.1, 0.15) is 5.76 Å². The molecule has 0 spiro atoms. The fraction of sp³-hybridized carbons (Fsp3) is 0.429. The molecule has 2 aromatic heterocycles. The van der Waals surface area contributed by atoms with Crippen LogP contribution in [-0.2, 0) is 16.1 Å². The number of ketones is 1. The Labute approximate surface area is 168 Å². The molecule has 1 saturated heterocycles. The van der Waals surface area contributed by atoms with Gasteiger partial charge in [-0.1, -0.05) is 12.8 Å². The third-order valence-electron chi connectivity index (χ3n) is 5.84. The molecular weight excluding hydrogens is 374 g/mol. The van der Waals surface area contributed by atoms with E-state index < -0.39 is 24.4 Å². The number of aromatic nitrogens is 1. The number of carbonyl (C=O) groups is 4. The van der Waals surface area contributed by atoms with Crippen LogP contribution in [0.5, 0.6) is 0 Å². The van der Waals surface area contributed by atoms with Crippen LogP contribution in [0.15, 0.2) is 28.9 Å². The highest BCUT2D eigenvalue weighted by molar-refractivity contribution is 6.45. The lowest BCUT2D eigenvalue weighted by Crippen LogP contribution is -2.41. The minimum Gasteiger partial charge on any atom is -0.467 e. The van der Waals surface area contributed by atoms with Crippen molar-refractivity contribution in [3.8, 4) is 0 Å². The lowest BCUT2D eigenvalue weighted by atomic mass is 10.1. The van der Waals surface area contributed by atoms with E-state index in [1.807, 2.05) is 24.5 Å². The van der Waals surface area contributed by atoms with Crippen molar-refractivity contribution in [2.45, 2.75) is 52.1 Å². The fourth-order valence-corrected chi connectivity index (χ4v) is 4.26. The van der Waals surface area contributed by atoms with Crippen molar-refractivity contribution in [1.29, 1.82) is 0 Å². The second-order valence-electron chi connectivity index (χ2n) is 7.66. The molecule has 0 N–H and O–H groups in total. The molecule has 0 radical (unpaired) electrons. The van der Waals surface area contributed by atoms with Crippen molar-refractivity contribution in [3.05, 3.63) is 47.2 Å². The molecule has 2 aromatic rings. The Morgan fingerprint density at radius 1 is 1.14 bits per heavy atom. The van der Waals surface area contributed by atoms with Crippen molar-refractivity contribution in [2.75, 3.05) is 6.54 Å². The number of urea groups is 1. The number of rotatable bonds is 6. The summed E-state index contributed by atoms with van der Waals surface area (Å²) < 4.78 is 7.32. The summed E-state index contributed by atoms with van der Waals surface area (Å²) in [5.41, 5.74) is 2.02. The van der Waals surface area contributed by atoms with Crippen molar-refractivity contribution in [1.82, 2.24) is 14.4 Å². The number of amides is 4. The highest BCUT2D eigenvalue weighted by Crippen LogP contribution is 2.28. The largest absolute Gasteiger partial charge is 0.467 e. The summed E-state index contributed by atoms with van der Waals surface area (Å²) in [5.74, 6) is -1.35. The molecule has 0 aromatic carbocycles. The maximum absolute atomic E-state index is 12.9. The Hall–Kier alpha value is -3.16. The van der Waals surface area contributed by atoms with Crippen LogP contribution in [0.2, 0.25) is 0 Å². The van der Waals surface area contributed by atoms with Gasteiger partial charge < -0.3 is 8.98 Å². The van der Waals surface area contributed by atoms with Gasteiger partial charge in [-0.15, -0.1) is 0 Å². The van der Waals surface area contributed by atoms with Gasteiger partial charge in [-0.25, -0.2) is 9.69 Å². The van der Waals surface area contributed by atoms with Crippen LogP contribution >= 0.6 is 0 Å². The Morgan fingerprint density at radius 3 is 2.52 bits per heavy atom. The van der Waals surface area contributed by atoms with Gasteiger partial charge >= 0.3 is 17.8 Å². The van der Waals surface area contributed by atoms with Gasteiger partial charge in [0.15, 0.2) is 5.78 Å². The Kier molecular flexibility index (Phi) is 4.86. The molecule has 0 atom stereocenters. The Morgan fingerprint density at radius 2 is 1.86 bits per heavy atom. The molecule has 8 heteroatoms. The summed E-state index contributed by atoms with van der Waals surface area (Å²) in [5, 5.41) is 0. The maximum Gasteiger partial charge on any atom is 0.334 e. The van der Waals surface area contributed by atoms with Gasteiger partial charge in [0, 0.05) is 23.0 Å². The van der Waals surface area contributed by atoms with Crippen LogP contribution < -0.4 is 0 Å². The summed E-state index contributed by atoms with van der Waals surface area (Å²) in [6.45, 7) is 3.74. The quantitative estimate of drug-likeness (QED) is 0.424. The normalized spacial score (nSPS) is 17.8. The number of furan rings is 1. The molecule has 4 amide bonds. The van der Waals surface area contributed by atoms with E-state index in [0.717, 1.165) is 39.8 Å². The first-order valence-corrected chi connectivity index (χ1v) is 9.79. The minimum atomic E-state index is -0.917. The topological polar surface area (TPSA) is 92.8 Å². The van der Waals surface area contributed by atoms with E-state index in [-0.39, 0.29) is 11.8 Å². The smallest absolute Gasteiger partial charge is 0.334 e. The lowest BCUT2D eigenvalue weighted by molar-refractivity contribution is -0.143. The zero-order valence-electron chi connectivity index (χ0n) is 16.5. The number of hydrogen-bond donors (Lipinski definition) is 0. The third-order valence-corrected chi connectivity index (χ3v) is 5.84. The van der Waals surface area contributed by atoms with Gasteiger partial charge in [-0.2, -0.15) is 0 Å². The molecule has 3 heterocycles. The van der Waals surface area contributed by atoms with Crippen molar-refractivity contribution >= 4 is 23.6 Å². The van der Waals surface area contributed by atoms with Gasteiger partial charge in [0.05, 0.1) is 19.4 Å². The monoisotopic (exact) mass is 397 g/mol. The van der Waals surface area contributed by atoms with E-state index in [1.165, 1.54) is 0 Å². The second kappa shape index (κ2) is 7.35. The number of imide groups is 2. The number of nitrogens with zero attached hydrogens (tertiary/aromatic N) is 3. The summed E-state index contributed by atoms with van der Waals surface area (Å²) in [7, 11) is 0. The molecule has 2 aliphatic rings. The van der Waals surface area contributed by atoms with E-state index >= 15 is 0 Å². The Balaban J connectivity index is 1.53. The molecule has 4 rings (SSSR count). The van der Waals surface area contributed by atoms with Crippen molar-refractivity contribution < 1.29 is 23.6 Å². The summed E-state index contributed by atoms with van der Waals surface area (Å²) in [4.78, 5) is 52.1. The van der Waals surface area contributed by atoms with Crippen LogP contribution in [0.3, 0.4) is 0 Å². The molecule has 1 aliphatic carbocycles. The molecule has 1 saturated carbocycles. The third kappa shape index (κ3) is 3.28. The minimum absolute atomic E-state index is 0.239. The predicted octanol–water partition coefficient (Wildman–Crippen LogP) is 2.66. The zero-order chi connectivity index (χ0) is 20.7. The van der Waals surface area contributed by atoms with Crippen molar-refractivity contribution in [2.24, 2.45) is 0 Å². The first-order valence-electron chi connectivity index (χ1n) is 9.79. The fourth-order valence-electron chi connectivity index (χ4n) is 4.26. The predicted molar refractivity (Wildman–Crippen MR) is 102 cm³/mol. The molecule has 152 valence electrons. The van der Waals surface area contributed by atoms with Crippen LogP contribution in [0.4, 0.5) is 4.79 Å². The SMILES string of the molecule is Cc1cc(C(=O)CN2C(=O)C(=O)N(C3CCCC3)C2=O)c(C)n1Cc1ccco1. The molecule has 29 heavy (non-hydrogen) atoms. The van der Waals surface area contributed by atoms with Gasteiger partial charge in [-0.05, 0) is 44.9 Å². The van der Waals surface area contributed by atoms with E-state index in [0.29, 0.717) is 24.9 Å². The number of aryl methyl sites for hydroxylation is 1. The standard InChI is InChI=1S/C21H23N3O5/c1-13-10-17(14(2)22(13)11-16-8-5-9-29-16)18(25)12-23-19(26)20(27)24(21(23)28)15-6-3-4-7-15/h5,8-10,15H,3-4,6-7,11-12H2,1-2H3. The number of carbonyl (C=O) groups excluding carboxylic acids is 4. The molecule has 0 unspecified atom stereocenters. The Bertz CT molecular complexity index is 982. The summed E-state index contributed by atoms with van der Waals surface area (Å²) in [6, 6.07) is 4.47. The zero-order valence-corrected chi connectivity index (χ0v) is 16.5. The molecule has 8 nitrogen and oxygen atoms in total. The number of Topliss-reactive ketones (excluding diaryl/α,β-unsaturated/α-hetero) is 1. The van der Waals surface area contributed by atoms with E-state index in [2.05, 4.69) is 0 Å². The summed E-state index contributed by atoms with van der Waals surface area (Å²) >= 11 is 0. The molecular formula is C21H23N3O5. The maximum atomic E-state index is 12.9. The average Bonchev–Trinajstić information content (AvgIpc) is 3.47. The highest BCUT2D eigenvalue weighted by atomic mass is 16.3. The van der Waals surface area contributed by atoms with E-state index in [4.69, 9.17) is 4.42 Å². The highest BCUT2D eigenvalue weighted by Gasteiger charge is 2.48.